The van der Waals surface area contributed by atoms with Gasteiger partial charge in [0.15, 0.2) is 6.29 Å². The summed E-state index contributed by atoms with van der Waals surface area (Å²) < 4.78 is 17.6. The van der Waals surface area contributed by atoms with Crippen molar-refractivity contribution in [3.05, 3.63) is 0 Å². The highest BCUT2D eigenvalue weighted by molar-refractivity contribution is 4.97. The number of rotatable bonds is 12. The lowest BCUT2D eigenvalue weighted by Gasteiger charge is -2.48. The SMILES string of the molecule is CCCCC(C)C1OC(CO)C(OC2OC(CO)C(C(C)CCCC)C(O)C2O)C(O)C1O. The second-order valence-corrected chi connectivity index (χ2v) is 9.93. The van der Waals surface area contributed by atoms with Gasteiger partial charge in [-0.25, -0.2) is 0 Å². The summed E-state index contributed by atoms with van der Waals surface area (Å²) in [5, 5.41) is 62.9. The molecular formula is C24H46O9. The minimum Gasteiger partial charge on any atom is -0.394 e. The fourth-order valence-corrected chi connectivity index (χ4v) is 5.25. The first-order valence-corrected chi connectivity index (χ1v) is 12.6. The van der Waals surface area contributed by atoms with Crippen molar-refractivity contribution in [3.63, 3.8) is 0 Å². The molecule has 0 bridgehead atoms. The standard InChI is InChI=1S/C24H46O9/c1-5-7-9-13(3)17-15(11-25)32-24(21(30)18(17)27)33-23-16(12-26)31-22(19(28)20(23)29)14(4)10-8-6-2/h13-30H,5-12H2,1-4H3. The quantitative estimate of drug-likeness (QED) is 0.237. The molecule has 196 valence electrons. The van der Waals surface area contributed by atoms with Gasteiger partial charge in [-0.1, -0.05) is 59.8 Å². The van der Waals surface area contributed by atoms with Crippen LogP contribution in [0.2, 0.25) is 0 Å². The molecule has 33 heavy (non-hydrogen) atoms. The molecule has 0 aromatic rings. The molecular weight excluding hydrogens is 432 g/mol. The highest BCUT2D eigenvalue weighted by Crippen LogP contribution is 2.37. The van der Waals surface area contributed by atoms with Gasteiger partial charge in [-0.3, -0.25) is 0 Å². The molecule has 2 saturated heterocycles. The molecule has 0 spiro atoms. The van der Waals surface area contributed by atoms with E-state index in [4.69, 9.17) is 14.2 Å². The third-order valence-corrected chi connectivity index (χ3v) is 7.38. The summed E-state index contributed by atoms with van der Waals surface area (Å²) in [6, 6.07) is 0. The summed E-state index contributed by atoms with van der Waals surface area (Å²) in [6.45, 7) is 7.21. The lowest BCUT2D eigenvalue weighted by atomic mass is 9.78. The largest absolute Gasteiger partial charge is 0.394 e. The second kappa shape index (κ2) is 13.7. The van der Waals surface area contributed by atoms with E-state index in [9.17, 15) is 30.6 Å². The predicted octanol–water partition coefficient (Wildman–Crippen LogP) is 0.561. The van der Waals surface area contributed by atoms with E-state index in [0.717, 1.165) is 38.5 Å². The van der Waals surface area contributed by atoms with Gasteiger partial charge in [0.05, 0.1) is 31.5 Å². The van der Waals surface area contributed by atoms with Crippen molar-refractivity contribution >= 4 is 0 Å². The van der Waals surface area contributed by atoms with Crippen molar-refractivity contribution < 1.29 is 44.8 Å². The molecule has 12 atom stereocenters. The third-order valence-electron chi connectivity index (χ3n) is 7.38. The zero-order chi connectivity index (χ0) is 24.7. The lowest BCUT2D eigenvalue weighted by Crippen LogP contribution is -2.64. The van der Waals surface area contributed by atoms with Gasteiger partial charge in [0.2, 0.25) is 0 Å². The molecule has 0 amide bonds. The van der Waals surface area contributed by atoms with E-state index in [1.54, 1.807) is 0 Å². The van der Waals surface area contributed by atoms with Crippen LogP contribution < -0.4 is 0 Å². The van der Waals surface area contributed by atoms with Gasteiger partial charge in [-0.2, -0.15) is 0 Å². The second-order valence-electron chi connectivity index (χ2n) is 9.93. The van der Waals surface area contributed by atoms with Crippen LogP contribution in [0.25, 0.3) is 0 Å². The normalized spacial score (nSPS) is 41.6. The molecule has 0 radical (unpaired) electrons. The third kappa shape index (κ3) is 6.86. The fourth-order valence-electron chi connectivity index (χ4n) is 5.25. The van der Waals surface area contributed by atoms with E-state index in [1.807, 2.05) is 13.8 Å². The molecule has 9 nitrogen and oxygen atoms in total. The van der Waals surface area contributed by atoms with E-state index < -0.39 is 67.6 Å². The maximum absolute atomic E-state index is 10.8. The van der Waals surface area contributed by atoms with E-state index in [-0.39, 0.29) is 18.4 Å². The van der Waals surface area contributed by atoms with Crippen molar-refractivity contribution in [1.29, 1.82) is 0 Å². The summed E-state index contributed by atoms with van der Waals surface area (Å²) in [5.74, 6) is -0.507. The first-order chi connectivity index (χ1) is 15.7. The molecule has 0 aromatic carbocycles. The number of ether oxygens (including phenoxy) is 3. The Hall–Kier alpha value is -0.360. The number of hydrogen-bond donors (Lipinski definition) is 6. The molecule has 9 heteroatoms. The van der Waals surface area contributed by atoms with Crippen LogP contribution in [-0.2, 0) is 14.2 Å². The van der Waals surface area contributed by atoms with Crippen molar-refractivity contribution in [2.24, 2.45) is 17.8 Å². The van der Waals surface area contributed by atoms with Crippen molar-refractivity contribution in [2.45, 2.75) is 121 Å². The number of aliphatic hydroxyl groups is 6. The van der Waals surface area contributed by atoms with Gasteiger partial charge in [0, 0.05) is 5.92 Å². The first kappa shape index (κ1) is 28.9. The highest BCUT2D eigenvalue weighted by atomic mass is 16.7. The van der Waals surface area contributed by atoms with Gasteiger partial charge in [0.1, 0.15) is 30.5 Å². The maximum Gasteiger partial charge on any atom is 0.187 e. The Morgan fingerprint density at radius 3 is 1.85 bits per heavy atom. The molecule has 12 unspecified atom stereocenters. The molecule has 0 aromatic heterocycles. The van der Waals surface area contributed by atoms with E-state index in [2.05, 4.69) is 13.8 Å². The van der Waals surface area contributed by atoms with Crippen LogP contribution in [-0.4, -0.2) is 99.0 Å². The Bertz CT molecular complexity index is 546. The average molecular weight is 479 g/mol. The zero-order valence-corrected chi connectivity index (χ0v) is 20.5. The zero-order valence-electron chi connectivity index (χ0n) is 20.5. The van der Waals surface area contributed by atoms with Crippen molar-refractivity contribution in [1.82, 2.24) is 0 Å². The average Bonchev–Trinajstić information content (AvgIpc) is 2.81. The van der Waals surface area contributed by atoms with Crippen molar-refractivity contribution in [3.8, 4) is 0 Å². The molecule has 2 fully saturated rings. The Kier molecular flexibility index (Phi) is 11.9. The van der Waals surface area contributed by atoms with Crippen LogP contribution >= 0.6 is 0 Å². The van der Waals surface area contributed by atoms with E-state index >= 15 is 0 Å². The molecule has 2 heterocycles. The first-order valence-electron chi connectivity index (χ1n) is 12.6. The summed E-state index contributed by atoms with van der Waals surface area (Å²) in [6.07, 6.45) is -4.64. The van der Waals surface area contributed by atoms with Crippen LogP contribution in [0.4, 0.5) is 0 Å². The molecule has 2 aliphatic heterocycles. The fraction of sp³-hybridized carbons (Fsp3) is 1.00. The summed E-state index contributed by atoms with van der Waals surface area (Å²) in [4.78, 5) is 0. The Balaban J connectivity index is 2.12. The van der Waals surface area contributed by atoms with Crippen LogP contribution in [0.5, 0.6) is 0 Å². The lowest BCUT2D eigenvalue weighted by molar-refractivity contribution is -0.341. The number of unbranched alkanes of at least 4 members (excludes halogenated alkanes) is 2. The van der Waals surface area contributed by atoms with Crippen LogP contribution in [0.15, 0.2) is 0 Å². The van der Waals surface area contributed by atoms with Crippen LogP contribution in [0.3, 0.4) is 0 Å². The predicted molar refractivity (Wildman–Crippen MR) is 121 cm³/mol. The summed E-state index contributed by atoms with van der Waals surface area (Å²) in [7, 11) is 0. The highest BCUT2D eigenvalue weighted by Gasteiger charge is 2.51. The van der Waals surface area contributed by atoms with Gasteiger partial charge in [0.25, 0.3) is 0 Å². The molecule has 0 aliphatic carbocycles. The molecule has 0 saturated carbocycles. The monoisotopic (exact) mass is 478 g/mol. The Morgan fingerprint density at radius 2 is 1.30 bits per heavy atom. The maximum atomic E-state index is 10.8. The summed E-state index contributed by atoms with van der Waals surface area (Å²) >= 11 is 0. The van der Waals surface area contributed by atoms with Crippen LogP contribution in [0.1, 0.15) is 66.2 Å². The molecule has 2 rings (SSSR count). The van der Waals surface area contributed by atoms with E-state index in [1.165, 1.54) is 0 Å². The minimum atomic E-state index is -1.42. The smallest absolute Gasteiger partial charge is 0.187 e. The Labute approximate surface area is 197 Å². The Morgan fingerprint density at radius 1 is 0.727 bits per heavy atom. The topological polar surface area (TPSA) is 149 Å². The van der Waals surface area contributed by atoms with Crippen LogP contribution in [0, 0.1) is 17.8 Å². The van der Waals surface area contributed by atoms with E-state index in [0.29, 0.717) is 0 Å². The number of hydrogen-bond acceptors (Lipinski definition) is 9. The minimum absolute atomic E-state index is 0.00804. The molecule has 2 aliphatic rings. The number of aliphatic hydroxyl groups excluding tert-OH is 6. The van der Waals surface area contributed by atoms with Gasteiger partial charge in [-0.05, 0) is 18.3 Å². The van der Waals surface area contributed by atoms with Crippen molar-refractivity contribution in [2.75, 3.05) is 13.2 Å². The van der Waals surface area contributed by atoms with Gasteiger partial charge < -0.3 is 44.8 Å². The molecule has 6 N–H and O–H groups in total. The van der Waals surface area contributed by atoms with Gasteiger partial charge >= 0.3 is 0 Å². The summed E-state index contributed by atoms with van der Waals surface area (Å²) in [5.41, 5.74) is 0. The van der Waals surface area contributed by atoms with Gasteiger partial charge in [-0.15, -0.1) is 0 Å².